The van der Waals surface area contributed by atoms with Crippen molar-refractivity contribution in [3.63, 3.8) is 0 Å². The van der Waals surface area contributed by atoms with Gasteiger partial charge in [-0.25, -0.2) is 15.0 Å². The Labute approximate surface area is 208 Å². The summed E-state index contributed by atoms with van der Waals surface area (Å²) >= 11 is 1.18. The third kappa shape index (κ3) is 6.24. The third-order valence-electron chi connectivity index (χ3n) is 5.41. The van der Waals surface area contributed by atoms with Crippen LogP contribution in [0.1, 0.15) is 35.0 Å². The second-order valence-electron chi connectivity index (χ2n) is 8.03. The molecule has 0 spiro atoms. The molecule has 0 saturated carbocycles. The summed E-state index contributed by atoms with van der Waals surface area (Å²) in [6, 6.07) is 18.8. The van der Waals surface area contributed by atoms with Crippen LogP contribution in [0.4, 0.5) is 0 Å². The van der Waals surface area contributed by atoms with Crippen molar-refractivity contribution < 1.29 is 19.1 Å². The Bertz CT molecular complexity index is 1210. The van der Waals surface area contributed by atoms with Crippen molar-refractivity contribution in [3.8, 4) is 5.75 Å². The van der Waals surface area contributed by atoms with Gasteiger partial charge in [-0.2, -0.15) is 5.10 Å². The van der Waals surface area contributed by atoms with Crippen LogP contribution in [0.3, 0.4) is 0 Å². The predicted octanol–water partition coefficient (Wildman–Crippen LogP) is 4.12. The van der Waals surface area contributed by atoms with Gasteiger partial charge in [0.05, 0.1) is 24.6 Å². The summed E-state index contributed by atoms with van der Waals surface area (Å²) in [7, 11) is 1.61. The number of thioether (sulfide) groups is 1. The SMILES string of the molecule is COc1ccc([C@H]2CC(c3ccccc3)=NN2C(=O)COC(=O)CSc2nc(C)cc(C)n2)cc1. The van der Waals surface area contributed by atoms with Crippen molar-refractivity contribution in [2.24, 2.45) is 5.10 Å². The van der Waals surface area contributed by atoms with Crippen LogP contribution in [0.2, 0.25) is 0 Å². The lowest BCUT2D eigenvalue weighted by Crippen LogP contribution is -2.31. The van der Waals surface area contributed by atoms with Crippen LogP contribution in [-0.4, -0.2) is 52.0 Å². The monoisotopic (exact) mass is 490 g/mol. The van der Waals surface area contributed by atoms with Gasteiger partial charge >= 0.3 is 5.97 Å². The van der Waals surface area contributed by atoms with Gasteiger partial charge in [-0.15, -0.1) is 0 Å². The third-order valence-corrected chi connectivity index (χ3v) is 6.23. The smallest absolute Gasteiger partial charge is 0.316 e. The van der Waals surface area contributed by atoms with E-state index in [0.717, 1.165) is 34.0 Å². The zero-order valence-electron chi connectivity index (χ0n) is 19.8. The maximum atomic E-state index is 13.1. The van der Waals surface area contributed by atoms with E-state index in [2.05, 4.69) is 15.1 Å². The summed E-state index contributed by atoms with van der Waals surface area (Å²) in [5, 5.41) is 6.52. The molecule has 8 nitrogen and oxygen atoms in total. The normalized spacial score (nSPS) is 15.0. The van der Waals surface area contributed by atoms with E-state index < -0.39 is 18.5 Å². The minimum Gasteiger partial charge on any atom is -0.497 e. The number of aryl methyl sites for hydroxylation is 2. The number of hydrazone groups is 1. The molecule has 180 valence electrons. The number of nitrogens with zero attached hydrogens (tertiary/aromatic N) is 4. The average Bonchev–Trinajstić information content (AvgIpc) is 3.32. The van der Waals surface area contributed by atoms with Gasteiger partial charge in [0.2, 0.25) is 0 Å². The number of aromatic nitrogens is 2. The Balaban J connectivity index is 1.43. The standard InChI is InChI=1S/C26H26N4O4S/c1-17-13-18(2)28-26(27-17)35-16-25(32)34-15-24(31)30-23(20-9-11-21(33-3)12-10-20)14-22(29-30)19-7-5-4-6-8-19/h4-13,23H,14-16H2,1-3H3/t23-/m1/s1. The van der Waals surface area contributed by atoms with E-state index in [1.165, 1.54) is 16.8 Å². The number of hydrogen-bond donors (Lipinski definition) is 0. The minimum atomic E-state index is -0.515. The van der Waals surface area contributed by atoms with Gasteiger partial charge in [-0.05, 0) is 43.2 Å². The van der Waals surface area contributed by atoms with E-state index in [1.54, 1.807) is 7.11 Å². The van der Waals surface area contributed by atoms with Crippen LogP contribution in [0.25, 0.3) is 0 Å². The lowest BCUT2D eigenvalue weighted by atomic mass is 9.98. The first kappa shape index (κ1) is 24.4. The fraction of sp³-hybridized carbons (Fsp3) is 0.269. The number of ether oxygens (including phenoxy) is 2. The molecule has 1 aromatic heterocycles. The summed E-state index contributed by atoms with van der Waals surface area (Å²) < 4.78 is 10.5. The molecule has 1 aliphatic heterocycles. The number of methoxy groups -OCH3 is 1. The Kier molecular flexibility index (Phi) is 7.77. The fourth-order valence-corrected chi connectivity index (χ4v) is 4.51. The first-order chi connectivity index (χ1) is 16.9. The number of carbonyl (C=O) groups is 2. The van der Waals surface area contributed by atoms with E-state index in [0.29, 0.717) is 11.6 Å². The van der Waals surface area contributed by atoms with Crippen LogP contribution >= 0.6 is 11.8 Å². The summed E-state index contributed by atoms with van der Waals surface area (Å²) in [6.07, 6.45) is 0.552. The number of amides is 1. The number of esters is 1. The molecule has 0 bridgehead atoms. The van der Waals surface area contributed by atoms with E-state index >= 15 is 0 Å². The molecule has 0 unspecified atom stereocenters. The van der Waals surface area contributed by atoms with Crippen molar-refractivity contribution in [2.75, 3.05) is 19.5 Å². The molecule has 0 saturated heterocycles. The highest BCUT2D eigenvalue weighted by molar-refractivity contribution is 7.99. The maximum absolute atomic E-state index is 13.1. The zero-order chi connectivity index (χ0) is 24.8. The highest BCUT2D eigenvalue weighted by Crippen LogP contribution is 2.33. The Hall–Kier alpha value is -3.72. The molecule has 1 atom stereocenters. The zero-order valence-corrected chi connectivity index (χ0v) is 20.6. The highest BCUT2D eigenvalue weighted by atomic mass is 32.2. The van der Waals surface area contributed by atoms with Crippen LogP contribution in [0, 0.1) is 13.8 Å². The molecule has 3 aromatic rings. The molecule has 0 aliphatic carbocycles. The van der Waals surface area contributed by atoms with Crippen LogP contribution in [0.5, 0.6) is 5.75 Å². The van der Waals surface area contributed by atoms with Crippen LogP contribution in [-0.2, 0) is 14.3 Å². The van der Waals surface area contributed by atoms with Crippen molar-refractivity contribution in [3.05, 3.63) is 83.2 Å². The summed E-state index contributed by atoms with van der Waals surface area (Å²) in [4.78, 5) is 34.0. The number of carbonyl (C=O) groups excluding carboxylic acids is 2. The summed E-state index contributed by atoms with van der Waals surface area (Å²) in [6.45, 7) is 3.34. The average molecular weight is 491 g/mol. The van der Waals surface area contributed by atoms with Gasteiger partial charge in [0.25, 0.3) is 5.91 Å². The molecular formula is C26H26N4O4S. The van der Waals surface area contributed by atoms with E-state index in [4.69, 9.17) is 9.47 Å². The van der Waals surface area contributed by atoms with E-state index in [1.807, 2.05) is 74.5 Å². The molecule has 1 amide bonds. The number of benzene rings is 2. The first-order valence-corrected chi connectivity index (χ1v) is 12.1. The van der Waals surface area contributed by atoms with Crippen LogP contribution < -0.4 is 4.74 Å². The van der Waals surface area contributed by atoms with Crippen molar-refractivity contribution in [1.29, 1.82) is 0 Å². The topological polar surface area (TPSA) is 94.0 Å². The minimum absolute atomic E-state index is 0.0105. The Morgan fingerprint density at radius 2 is 1.71 bits per heavy atom. The van der Waals surface area contributed by atoms with E-state index in [9.17, 15) is 9.59 Å². The lowest BCUT2D eigenvalue weighted by Gasteiger charge is -2.22. The predicted molar refractivity (Wildman–Crippen MR) is 133 cm³/mol. The van der Waals surface area contributed by atoms with Crippen LogP contribution in [0.15, 0.2) is 70.9 Å². The van der Waals surface area contributed by atoms with Crippen molar-refractivity contribution in [1.82, 2.24) is 15.0 Å². The summed E-state index contributed by atoms with van der Waals surface area (Å²) in [5.41, 5.74) is 4.32. The number of hydrogen-bond acceptors (Lipinski definition) is 8. The molecule has 0 fully saturated rings. The molecule has 2 heterocycles. The lowest BCUT2D eigenvalue weighted by molar-refractivity contribution is -0.150. The molecule has 0 radical (unpaired) electrons. The second kappa shape index (κ2) is 11.1. The molecule has 0 N–H and O–H groups in total. The molecular weight excluding hydrogens is 464 g/mol. The first-order valence-electron chi connectivity index (χ1n) is 11.1. The van der Waals surface area contributed by atoms with Gasteiger partial charge in [0, 0.05) is 17.8 Å². The highest BCUT2D eigenvalue weighted by Gasteiger charge is 2.33. The van der Waals surface area contributed by atoms with Gasteiger partial charge < -0.3 is 9.47 Å². The summed E-state index contributed by atoms with van der Waals surface area (Å²) in [5.74, 6) is -0.166. The maximum Gasteiger partial charge on any atom is 0.316 e. The van der Waals surface area contributed by atoms with Gasteiger partial charge in [-0.1, -0.05) is 54.2 Å². The molecule has 2 aromatic carbocycles. The largest absolute Gasteiger partial charge is 0.497 e. The quantitative estimate of drug-likeness (QED) is 0.266. The van der Waals surface area contributed by atoms with Gasteiger partial charge in [-0.3, -0.25) is 9.59 Å². The molecule has 35 heavy (non-hydrogen) atoms. The van der Waals surface area contributed by atoms with Crippen molar-refractivity contribution >= 4 is 29.4 Å². The van der Waals surface area contributed by atoms with Gasteiger partial charge in [0.15, 0.2) is 11.8 Å². The number of rotatable bonds is 8. The van der Waals surface area contributed by atoms with Gasteiger partial charge in [0.1, 0.15) is 5.75 Å². The molecule has 4 rings (SSSR count). The fourth-order valence-electron chi connectivity index (χ4n) is 3.76. The van der Waals surface area contributed by atoms with E-state index in [-0.39, 0.29) is 11.8 Å². The second-order valence-corrected chi connectivity index (χ2v) is 8.97. The Morgan fingerprint density at radius 1 is 1.03 bits per heavy atom. The Morgan fingerprint density at radius 3 is 2.37 bits per heavy atom. The van der Waals surface area contributed by atoms with Crippen molar-refractivity contribution in [2.45, 2.75) is 31.5 Å². The molecule has 9 heteroatoms. The molecule has 1 aliphatic rings.